The number of nitrogens with one attached hydrogen (secondary N) is 4. The van der Waals surface area contributed by atoms with Gasteiger partial charge in [-0.3, -0.25) is 24.0 Å². The van der Waals surface area contributed by atoms with Crippen molar-refractivity contribution in [3.63, 3.8) is 0 Å². The quantitative estimate of drug-likeness (QED) is 0.110. The highest BCUT2D eigenvalue weighted by atomic mass is 32.1. The van der Waals surface area contributed by atoms with Gasteiger partial charge in [-0.05, 0) is 6.42 Å². The lowest BCUT2D eigenvalue weighted by Crippen LogP contribution is -2.57. The number of amides is 3. The number of nitrogens with two attached hydrogens (primary N) is 1. The van der Waals surface area contributed by atoms with Crippen molar-refractivity contribution in [2.45, 2.75) is 49.9 Å². The van der Waals surface area contributed by atoms with E-state index in [1.807, 2.05) is 5.32 Å². The molecule has 1 heterocycles. The lowest BCUT2D eigenvalue weighted by molar-refractivity contribution is -0.143. The number of imidazole rings is 1. The third kappa shape index (κ3) is 9.86. The van der Waals surface area contributed by atoms with Crippen LogP contribution in [0.25, 0.3) is 0 Å². The third-order valence-corrected chi connectivity index (χ3v) is 4.79. The molecule has 0 aliphatic rings. The number of carbonyl (C=O) groups excluding carboxylic acids is 3. The normalized spacial score (nSPS) is 14.2. The molecule has 34 heavy (non-hydrogen) atoms. The molecule has 0 spiro atoms. The van der Waals surface area contributed by atoms with Crippen molar-refractivity contribution in [3.8, 4) is 0 Å². The fraction of sp³-hybridized carbons (Fsp3) is 0.500. The number of hydrogen-bond acceptors (Lipinski definition) is 9. The number of aromatic nitrogens is 2. The van der Waals surface area contributed by atoms with Crippen LogP contribution in [0.5, 0.6) is 0 Å². The van der Waals surface area contributed by atoms with E-state index in [1.165, 1.54) is 12.5 Å². The average molecular weight is 503 g/mol. The molecule has 4 atom stereocenters. The van der Waals surface area contributed by atoms with E-state index >= 15 is 0 Å². The minimum atomic E-state index is -1.71. The molecule has 1 aromatic rings. The molecule has 0 saturated heterocycles. The van der Waals surface area contributed by atoms with Gasteiger partial charge >= 0.3 is 17.9 Å². The highest BCUT2D eigenvalue weighted by Crippen LogP contribution is 2.04. The van der Waals surface area contributed by atoms with E-state index in [0.717, 1.165) is 0 Å². The summed E-state index contributed by atoms with van der Waals surface area (Å²) in [7, 11) is 0. The number of carbonyl (C=O) groups is 6. The number of nitrogens with zero attached hydrogens (tertiary/aromatic N) is 1. The zero-order valence-corrected chi connectivity index (χ0v) is 18.7. The molecule has 1 aromatic heterocycles. The van der Waals surface area contributed by atoms with Gasteiger partial charge in [0, 0.05) is 30.5 Å². The molecule has 9 N–H and O–H groups in total. The van der Waals surface area contributed by atoms with Crippen LogP contribution in [-0.2, 0) is 35.2 Å². The Hall–Kier alpha value is -3.66. The van der Waals surface area contributed by atoms with Crippen LogP contribution in [0, 0.1) is 0 Å². The molecule has 0 radical (unpaired) electrons. The van der Waals surface area contributed by atoms with Gasteiger partial charge in [-0.1, -0.05) is 0 Å². The average Bonchev–Trinajstić information content (AvgIpc) is 3.26. The molecular formula is C18H26N6O9S. The molecule has 0 saturated carbocycles. The molecule has 0 aromatic carbocycles. The molecule has 3 amide bonds. The van der Waals surface area contributed by atoms with E-state index < -0.39 is 72.6 Å². The van der Waals surface area contributed by atoms with Crippen molar-refractivity contribution in [2.24, 2.45) is 5.73 Å². The Morgan fingerprint density at radius 3 is 2.03 bits per heavy atom. The van der Waals surface area contributed by atoms with E-state index in [2.05, 4.69) is 33.2 Å². The minimum absolute atomic E-state index is 0.0312. The van der Waals surface area contributed by atoms with E-state index in [0.29, 0.717) is 5.69 Å². The van der Waals surface area contributed by atoms with Crippen LogP contribution in [0.3, 0.4) is 0 Å². The predicted octanol–water partition coefficient (Wildman–Crippen LogP) is -2.91. The summed E-state index contributed by atoms with van der Waals surface area (Å²) in [6.07, 6.45) is 1.01. The molecule has 188 valence electrons. The molecule has 0 fully saturated rings. The van der Waals surface area contributed by atoms with Crippen molar-refractivity contribution < 1.29 is 44.1 Å². The maximum Gasteiger partial charge on any atom is 0.327 e. The maximum absolute atomic E-state index is 12.7. The van der Waals surface area contributed by atoms with Gasteiger partial charge in [-0.2, -0.15) is 12.6 Å². The number of aliphatic carboxylic acids is 3. The topological polar surface area (TPSA) is 254 Å². The Morgan fingerprint density at radius 2 is 1.53 bits per heavy atom. The first-order valence-electron chi connectivity index (χ1n) is 9.85. The number of aromatic amines is 1. The van der Waals surface area contributed by atoms with Gasteiger partial charge in [0.25, 0.3) is 0 Å². The number of H-pyrrole nitrogens is 1. The van der Waals surface area contributed by atoms with Crippen molar-refractivity contribution in [2.75, 3.05) is 5.75 Å². The van der Waals surface area contributed by atoms with E-state index in [1.54, 1.807) is 0 Å². The fourth-order valence-electron chi connectivity index (χ4n) is 2.66. The zero-order valence-electron chi connectivity index (χ0n) is 17.8. The first kappa shape index (κ1) is 28.4. The standard InChI is InChI=1S/C18H26N6O9S/c19-9(3-8-5-20-7-21-8)15(29)22-10(1-2-13(25)26)16(30)23-11(4-14(27)28)17(31)24-12(6-34)18(32)33/h5,7,9-12,34H,1-4,6,19H2,(H,20,21)(H,22,29)(H,23,30)(H,24,31)(H,25,26)(H,27,28)(H,32,33). The van der Waals surface area contributed by atoms with Crippen LogP contribution in [0.2, 0.25) is 0 Å². The number of rotatable bonds is 15. The summed E-state index contributed by atoms with van der Waals surface area (Å²) in [4.78, 5) is 77.3. The second-order valence-corrected chi connectivity index (χ2v) is 7.49. The first-order chi connectivity index (χ1) is 15.9. The third-order valence-electron chi connectivity index (χ3n) is 4.42. The van der Waals surface area contributed by atoms with E-state index in [4.69, 9.17) is 21.1 Å². The Kier molecular flexibility index (Phi) is 11.5. The Morgan fingerprint density at radius 1 is 0.941 bits per heavy atom. The molecule has 16 heteroatoms. The van der Waals surface area contributed by atoms with Gasteiger partial charge in [0.05, 0.1) is 18.8 Å². The Balaban J connectivity index is 2.95. The summed E-state index contributed by atoms with van der Waals surface area (Å²) in [6, 6.07) is -5.77. The van der Waals surface area contributed by atoms with Gasteiger partial charge < -0.3 is 42.0 Å². The van der Waals surface area contributed by atoms with Crippen molar-refractivity contribution >= 4 is 48.3 Å². The summed E-state index contributed by atoms with van der Waals surface area (Å²) in [5.41, 5.74) is 6.35. The number of hydrogen-bond donors (Lipinski definition) is 9. The molecule has 15 nitrogen and oxygen atoms in total. The predicted molar refractivity (Wildman–Crippen MR) is 117 cm³/mol. The lowest BCUT2D eigenvalue weighted by Gasteiger charge is -2.24. The van der Waals surface area contributed by atoms with Crippen molar-refractivity contribution in [1.29, 1.82) is 0 Å². The summed E-state index contributed by atoms with van der Waals surface area (Å²) in [5, 5.41) is 33.5. The van der Waals surface area contributed by atoms with E-state index in [9.17, 15) is 28.8 Å². The number of thiol groups is 1. The van der Waals surface area contributed by atoms with Crippen LogP contribution in [0.4, 0.5) is 0 Å². The molecule has 1 rings (SSSR count). The monoisotopic (exact) mass is 502 g/mol. The van der Waals surface area contributed by atoms with Crippen LogP contribution in [0.1, 0.15) is 25.0 Å². The Bertz CT molecular complexity index is 894. The number of carboxylic acid groups (broad SMARTS) is 3. The van der Waals surface area contributed by atoms with Crippen molar-refractivity contribution in [3.05, 3.63) is 18.2 Å². The first-order valence-corrected chi connectivity index (χ1v) is 10.5. The zero-order chi connectivity index (χ0) is 25.8. The summed E-state index contributed by atoms with van der Waals surface area (Å²) >= 11 is 3.79. The van der Waals surface area contributed by atoms with E-state index in [-0.39, 0.29) is 18.6 Å². The SMILES string of the molecule is NC(Cc1cnc[nH]1)C(=O)NC(CCC(=O)O)C(=O)NC(CC(=O)O)C(=O)NC(CS)C(=O)O. The highest BCUT2D eigenvalue weighted by molar-refractivity contribution is 7.80. The minimum Gasteiger partial charge on any atom is -0.481 e. The molecule has 0 bridgehead atoms. The largest absolute Gasteiger partial charge is 0.481 e. The van der Waals surface area contributed by atoms with Crippen LogP contribution >= 0.6 is 12.6 Å². The van der Waals surface area contributed by atoms with Crippen LogP contribution in [-0.4, -0.2) is 90.8 Å². The maximum atomic E-state index is 12.7. The molecule has 0 aliphatic carbocycles. The Labute approximate surface area is 198 Å². The van der Waals surface area contributed by atoms with Crippen LogP contribution < -0.4 is 21.7 Å². The highest BCUT2D eigenvalue weighted by Gasteiger charge is 2.31. The van der Waals surface area contributed by atoms with Gasteiger partial charge in [0.15, 0.2) is 0 Å². The van der Waals surface area contributed by atoms with Gasteiger partial charge in [0.2, 0.25) is 17.7 Å². The molecular weight excluding hydrogens is 476 g/mol. The van der Waals surface area contributed by atoms with Gasteiger partial charge in [0.1, 0.15) is 18.1 Å². The number of carboxylic acids is 3. The smallest absolute Gasteiger partial charge is 0.327 e. The second-order valence-electron chi connectivity index (χ2n) is 7.12. The summed E-state index contributed by atoms with van der Waals surface area (Å²) in [6.45, 7) is 0. The van der Waals surface area contributed by atoms with Crippen molar-refractivity contribution in [1.82, 2.24) is 25.9 Å². The fourth-order valence-corrected chi connectivity index (χ4v) is 2.90. The second kappa shape index (κ2) is 13.8. The van der Waals surface area contributed by atoms with Gasteiger partial charge in [-0.15, -0.1) is 0 Å². The van der Waals surface area contributed by atoms with Crippen LogP contribution in [0.15, 0.2) is 12.5 Å². The summed E-state index contributed by atoms with van der Waals surface area (Å²) in [5.74, 6) is -7.46. The summed E-state index contributed by atoms with van der Waals surface area (Å²) < 4.78 is 0. The molecule has 4 unspecified atom stereocenters. The molecule has 0 aliphatic heterocycles. The lowest BCUT2D eigenvalue weighted by atomic mass is 10.1. The van der Waals surface area contributed by atoms with Gasteiger partial charge in [-0.25, -0.2) is 9.78 Å².